The predicted molar refractivity (Wildman–Crippen MR) is 47.4 cm³/mol. The molecule has 0 aromatic carbocycles. The first kappa shape index (κ1) is 7.42. The molecule has 0 aliphatic heterocycles. The minimum atomic E-state index is -0.0706. The molecule has 2 heterocycles. The minimum Gasteiger partial charge on any atom is -0.267 e. The molecule has 62 valence electrons. The van der Waals surface area contributed by atoms with E-state index in [4.69, 9.17) is 0 Å². The lowest BCUT2D eigenvalue weighted by molar-refractivity contribution is 0.658. The zero-order valence-corrected chi connectivity index (χ0v) is 7.55. The SMILES string of the molecule is Cc1csc2nnn(C)c(=O)c12. The quantitative estimate of drug-likeness (QED) is 0.601. The van der Waals surface area contributed by atoms with Crippen molar-refractivity contribution in [1.82, 2.24) is 15.0 Å². The summed E-state index contributed by atoms with van der Waals surface area (Å²) in [6, 6.07) is 0. The van der Waals surface area contributed by atoms with Crippen molar-refractivity contribution in [3.63, 3.8) is 0 Å². The van der Waals surface area contributed by atoms with E-state index in [1.54, 1.807) is 7.05 Å². The number of aromatic nitrogens is 3. The number of nitrogens with zero attached hydrogens (tertiary/aromatic N) is 3. The number of aryl methyl sites for hydroxylation is 2. The van der Waals surface area contributed by atoms with E-state index in [1.165, 1.54) is 16.0 Å². The number of hydrogen-bond donors (Lipinski definition) is 0. The zero-order valence-electron chi connectivity index (χ0n) is 6.74. The predicted octanol–water partition coefficient (Wildman–Crippen LogP) is 0.698. The number of hydrogen-bond acceptors (Lipinski definition) is 4. The molecule has 0 aliphatic carbocycles. The smallest absolute Gasteiger partial charge is 0.267 e. The molecule has 5 heteroatoms. The van der Waals surface area contributed by atoms with Crippen LogP contribution in [0.2, 0.25) is 0 Å². The van der Waals surface area contributed by atoms with E-state index >= 15 is 0 Å². The summed E-state index contributed by atoms with van der Waals surface area (Å²) >= 11 is 1.45. The van der Waals surface area contributed by atoms with Gasteiger partial charge in [0.1, 0.15) is 0 Å². The third-order valence-corrected chi connectivity index (χ3v) is 2.71. The summed E-state index contributed by atoms with van der Waals surface area (Å²) < 4.78 is 1.25. The molecule has 0 atom stereocenters. The van der Waals surface area contributed by atoms with Gasteiger partial charge in [-0.2, -0.15) is 0 Å². The molecule has 0 unspecified atom stereocenters. The molecule has 0 saturated carbocycles. The van der Waals surface area contributed by atoms with Crippen LogP contribution < -0.4 is 5.56 Å². The minimum absolute atomic E-state index is 0.0706. The van der Waals surface area contributed by atoms with Crippen molar-refractivity contribution < 1.29 is 0 Å². The van der Waals surface area contributed by atoms with E-state index in [1.807, 2.05) is 12.3 Å². The Bertz CT molecular complexity index is 485. The van der Waals surface area contributed by atoms with Gasteiger partial charge in [-0.1, -0.05) is 5.21 Å². The Morgan fingerprint density at radius 2 is 2.33 bits per heavy atom. The molecule has 0 radical (unpaired) electrons. The van der Waals surface area contributed by atoms with Crippen molar-refractivity contribution in [3.05, 3.63) is 21.3 Å². The zero-order chi connectivity index (χ0) is 8.72. The molecule has 0 bridgehead atoms. The van der Waals surface area contributed by atoms with Gasteiger partial charge >= 0.3 is 0 Å². The maximum Gasteiger partial charge on any atom is 0.278 e. The topological polar surface area (TPSA) is 47.8 Å². The highest BCUT2D eigenvalue weighted by Gasteiger charge is 2.06. The Morgan fingerprint density at radius 1 is 1.58 bits per heavy atom. The molecular formula is C7H7N3OS. The average molecular weight is 181 g/mol. The molecule has 4 nitrogen and oxygen atoms in total. The Labute approximate surface area is 72.5 Å². The Balaban J connectivity index is 3.06. The van der Waals surface area contributed by atoms with Crippen LogP contribution in [-0.2, 0) is 7.05 Å². The third-order valence-electron chi connectivity index (χ3n) is 1.73. The Kier molecular flexibility index (Phi) is 1.47. The summed E-state index contributed by atoms with van der Waals surface area (Å²) in [5, 5.41) is 10.2. The van der Waals surface area contributed by atoms with Crippen molar-refractivity contribution in [2.24, 2.45) is 7.05 Å². The summed E-state index contributed by atoms with van der Waals surface area (Å²) in [7, 11) is 1.60. The van der Waals surface area contributed by atoms with Crippen molar-refractivity contribution in [2.75, 3.05) is 0 Å². The lowest BCUT2D eigenvalue weighted by atomic mass is 10.3. The fraction of sp³-hybridized carbons (Fsp3) is 0.286. The second-order valence-corrected chi connectivity index (χ2v) is 3.48. The highest BCUT2D eigenvalue weighted by molar-refractivity contribution is 7.16. The molecule has 0 saturated heterocycles. The van der Waals surface area contributed by atoms with Crippen molar-refractivity contribution in [3.8, 4) is 0 Å². The molecule has 0 fully saturated rings. The number of fused-ring (bicyclic) bond motifs is 1. The van der Waals surface area contributed by atoms with Crippen LogP contribution >= 0.6 is 11.3 Å². The third kappa shape index (κ3) is 0.863. The van der Waals surface area contributed by atoms with Gasteiger partial charge in [0.2, 0.25) is 0 Å². The lowest BCUT2D eigenvalue weighted by Crippen LogP contribution is -2.20. The van der Waals surface area contributed by atoms with Gasteiger partial charge in [0.05, 0.1) is 5.39 Å². The standard InChI is InChI=1S/C7H7N3OS/c1-4-3-12-6-5(4)7(11)10(2)9-8-6/h3H,1-2H3. The summed E-state index contributed by atoms with van der Waals surface area (Å²) in [5.74, 6) is 0. The van der Waals surface area contributed by atoms with Gasteiger partial charge < -0.3 is 0 Å². The maximum atomic E-state index is 11.5. The molecule has 2 aromatic rings. The first-order valence-electron chi connectivity index (χ1n) is 3.48. The largest absolute Gasteiger partial charge is 0.278 e. The van der Waals surface area contributed by atoms with Crippen LogP contribution in [0.4, 0.5) is 0 Å². The van der Waals surface area contributed by atoms with E-state index in [9.17, 15) is 4.79 Å². The fourth-order valence-electron chi connectivity index (χ4n) is 1.07. The van der Waals surface area contributed by atoms with Gasteiger partial charge in [-0.3, -0.25) is 4.79 Å². The van der Waals surface area contributed by atoms with Crippen LogP contribution in [-0.4, -0.2) is 15.0 Å². The summed E-state index contributed by atoms with van der Waals surface area (Å²) in [6.07, 6.45) is 0. The average Bonchev–Trinajstić information content (AvgIpc) is 2.41. The number of rotatable bonds is 0. The first-order chi connectivity index (χ1) is 5.70. The number of thiophene rings is 1. The fourth-order valence-corrected chi connectivity index (χ4v) is 1.93. The van der Waals surface area contributed by atoms with Crippen LogP contribution in [0.5, 0.6) is 0 Å². The van der Waals surface area contributed by atoms with E-state index in [2.05, 4.69) is 10.3 Å². The van der Waals surface area contributed by atoms with Gasteiger partial charge in [-0.05, 0) is 17.9 Å². The summed E-state index contributed by atoms with van der Waals surface area (Å²) in [6.45, 7) is 1.90. The van der Waals surface area contributed by atoms with Gasteiger partial charge in [0, 0.05) is 7.05 Å². The van der Waals surface area contributed by atoms with Gasteiger partial charge in [0.15, 0.2) is 4.83 Å². The van der Waals surface area contributed by atoms with Crippen molar-refractivity contribution in [2.45, 2.75) is 6.92 Å². The molecular weight excluding hydrogens is 174 g/mol. The highest BCUT2D eigenvalue weighted by atomic mass is 32.1. The molecule has 0 N–H and O–H groups in total. The molecule has 2 aromatic heterocycles. The molecule has 0 amide bonds. The second kappa shape index (κ2) is 2.38. The Morgan fingerprint density at radius 3 is 3.08 bits per heavy atom. The van der Waals surface area contributed by atoms with Crippen molar-refractivity contribution in [1.29, 1.82) is 0 Å². The molecule has 12 heavy (non-hydrogen) atoms. The van der Waals surface area contributed by atoms with E-state index in [-0.39, 0.29) is 5.56 Å². The lowest BCUT2D eigenvalue weighted by Gasteiger charge is -1.93. The molecule has 2 rings (SSSR count). The summed E-state index contributed by atoms with van der Waals surface area (Å²) in [4.78, 5) is 12.2. The van der Waals surface area contributed by atoms with Gasteiger partial charge in [0.25, 0.3) is 5.56 Å². The van der Waals surface area contributed by atoms with Gasteiger partial charge in [-0.25, -0.2) is 4.68 Å². The monoisotopic (exact) mass is 181 g/mol. The normalized spacial score (nSPS) is 10.8. The van der Waals surface area contributed by atoms with Crippen molar-refractivity contribution >= 4 is 21.6 Å². The van der Waals surface area contributed by atoms with Crippen LogP contribution in [0.3, 0.4) is 0 Å². The van der Waals surface area contributed by atoms with Crippen LogP contribution in [0.15, 0.2) is 10.2 Å². The first-order valence-corrected chi connectivity index (χ1v) is 4.36. The van der Waals surface area contributed by atoms with Crippen LogP contribution in [0.1, 0.15) is 5.56 Å². The molecule has 0 aliphatic rings. The van der Waals surface area contributed by atoms with Crippen LogP contribution in [0.25, 0.3) is 10.2 Å². The van der Waals surface area contributed by atoms with E-state index in [0.717, 1.165) is 10.4 Å². The summed E-state index contributed by atoms with van der Waals surface area (Å²) in [5.41, 5.74) is 0.907. The van der Waals surface area contributed by atoms with E-state index in [0.29, 0.717) is 5.39 Å². The Hall–Kier alpha value is -1.23. The highest BCUT2D eigenvalue weighted by Crippen LogP contribution is 2.18. The van der Waals surface area contributed by atoms with E-state index < -0.39 is 0 Å². The molecule has 0 spiro atoms. The second-order valence-electron chi connectivity index (χ2n) is 2.62. The van der Waals surface area contributed by atoms with Gasteiger partial charge in [-0.15, -0.1) is 16.4 Å². The van der Waals surface area contributed by atoms with Crippen LogP contribution in [0, 0.1) is 6.92 Å². The maximum absolute atomic E-state index is 11.5.